The lowest BCUT2D eigenvalue weighted by Crippen LogP contribution is -2.23. The Balaban J connectivity index is 1.61. The largest absolute Gasteiger partial charge is 0.494 e. The van der Waals surface area contributed by atoms with Gasteiger partial charge in [-0.25, -0.2) is 0 Å². The molecular formula is C21H22N2O3. The maximum atomic E-state index is 12.1. The van der Waals surface area contributed by atoms with Crippen LogP contribution in [0.25, 0.3) is 6.08 Å². The van der Waals surface area contributed by atoms with E-state index in [2.05, 4.69) is 5.32 Å². The van der Waals surface area contributed by atoms with Crippen molar-refractivity contribution in [3.05, 3.63) is 60.2 Å². The molecule has 0 atom stereocenters. The highest BCUT2D eigenvalue weighted by Gasteiger charge is 2.21. The molecule has 2 aromatic rings. The molecular weight excluding hydrogens is 328 g/mol. The summed E-state index contributed by atoms with van der Waals surface area (Å²) < 4.78 is 5.40. The predicted octanol–water partition coefficient (Wildman–Crippen LogP) is 3.86. The second-order valence-corrected chi connectivity index (χ2v) is 6.02. The van der Waals surface area contributed by atoms with Gasteiger partial charge in [0.25, 0.3) is 0 Å². The van der Waals surface area contributed by atoms with Crippen LogP contribution in [0.4, 0.5) is 11.4 Å². The number of hydrogen-bond donors (Lipinski definition) is 1. The minimum atomic E-state index is -0.219. The molecule has 1 aliphatic heterocycles. The third-order valence-electron chi connectivity index (χ3n) is 4.12. The Bertz CT molecular complexity index is 812. The quantitative estimate of drug-likeness (QED) is 0.805. The molecule has 26 heavy (non-hydrogen) atoms. The second kappa shape index (κ2) is 8.34. The molecule has 0 bridgehead atoms. The van der Waals surface area contributed by atoms with Gasteiger partial charge in [-0.1, -0.05) is 18.2 Å². The van der Waals surface area contributed by atoms with Crippen LogP contribution in [0, 0.1) is 0 Å². The molecule has 2 amide bonds. The van der Waals surface area contributed by atoms with Crippen molar-refractivity contribution in [2.75, 3.05) is 23.4 Å². The van der Waals surface area contributed by atoms with E-state index < -0.39 is 0 Å². The van der Waals surface area contributed by atoms with Crippen LogP contribution in [0.5, 0.6) is 5.75 Å². The normalized spacial score (nSPS) is 14.0. The Morgan fingerprint density at radius 1 is 1.23 bits per heavy atom. The lowest BCUT2D eigenvalue weighted by atomic mass is 10.2. The van der Waals surface area contributed by atoms with Crippen molar-refractivity contribution in [2.45, 2.75) is 19.8 Å². The number of ether oxygens (including phenoxy) is 1. The van der Waals surface area contributed by atoms with Crippen molar-refractivity contribution < 1.29 is 14.3 Å². The molecule has 1 aliphatic rings. The number of rotatable bonds is 6. The van der Waals surface area contributed by atoms with Crippen LogP contribution in [0.15, 0.2) is 54.6 Å². The Kier molecular flexibility index (Phi) is 5.69. The monoisotopic (exact) mass is 350 g/mol. The van der Waals surface area contributed by atoms with E-state index in [0.717, 1.165) is 30.0 Å². The average molecular weight is 350 g/mol. The SMILES string of the molecule is CCOc1ccc(/C=C/C(=O)Nc2cccc(N3CCCC3=O)c2)cc1. The van der Waals surface area contributed by atoms with Crippen molar-refractivity contribution >= 4 is 29.3 Å². The first-order chi connectivity index (χ1) is 12.7. The molecule has 0 spiro atoms. The average Bonchev–Trinajstić information content (AvgIpc) is 3.08. The van der Waals surface area contributed by atoms with Gasteiger partial charge >= 0.3 is 0 Å². The predicted molar refractivity (Wildman–Crippen MR) is 103 cm³/mol. The highest BCUT2D eigenvalue weighted by atomic mass is 16.5. The molecule has 3 rings (SSSR count). The molecule has 0 saturated carbocycles. The molecule has 0 radical (unpaired) electrons. The molecule has 1 saturated heterocycles. The van der Waals surface area contributed by atoms with Crippen LogP contribution in [-0.4, -0.2) is 25.0 Å². The van der Waals surface area contributed by atoms with Gasteiger partial charge in [-0.15, -0.1) is 0 Å². The van der Waals surface area contributed by atoms with Crippen molar-refractivity contribution in [1.82, 2.24) is 0 Å². The summed E-state index contributed by atoms with van der Waals surface area (Å²) in [6.07, 6.45) is 4.70. The number of carbonyl (C=O) groups excluding carboxylic acids is 2. The summed E-state index contributed by atoms with van der Waals surface area (Å²) >= 11 is 0. The molecule has 0 aliphatic carbocycles. The standard InChI is InChI=1S/C21H22N2O3/c1-2-26-19-11-8-16(9-12-19)10-13-20(24)22-17-5-3-6-18(15-17)23-14-4-7-21(23)25/h3,5-6,8-13,15H,2,4,7,14H2,1H3,(H,22,24)/b13-10+. The summed E-state index contributed by atoms with van der Waals surface area (Å²) in [7, 11) is 0. The number of nitrogens with one attached hydrogen (secondary N) is 1. The number of amides is 2. The Morgan fingerprint density at radius 2 is 2.04 bits per heavy atom. The van der Waals surface area contributed by atoms with Gasteiger partial charge in [-0.2, -0.15) is 0 Å². The van der Waals surface area contributed by atoms with Crippen molar-refractivity contribution in [1.29, 1.82) is 0 Å². The van der Waals surface area contributed by atoms with Crippen molar-refractivity contribution in [3.63, 3.8) is 0 Å². The Hall–Kier alpha value is -3.08. The summed E-state index contributed by atoms with van der Waals surface area (Å²) in [6, 6.07) is 14.9. The second-order valence-electron chi connectivity index (χ2n) is 6.02. The minimum Gasteiger partial charge on any atom is -0.494 e. The number of benzene rings is 2. The molecule has 1 fully saturated rings. The van der Waals surface area contributed by atoms with Gasteiger partial charge in [0.2, 0.25) is 11.8 Å². The van der Waals surface area contributed by atoms with Crippen LogP contribution in [-0.2, 0) is 9.59 Å². The first-order valence-electron chi connectivity index (χ1n) is 8.78. The summed E-state index contributed by atoms with van der Waals surface area (Å²) in [5.74, 6) is 0.718. The molecule has 134 valence electrons. The lowest BCUT2D eigenvalue weighted by Gasteiger charge is -2.16. The zero-order valence-electron chi connectivity index (χ0n) is 14.8. The van der Waals surface area contributed by atoms with Gasteiger partial charge in [0.15, 0.2) is 0 Å². The Labute approximate surface area is 153 Å². The lowest BCUT2D eigenvalue weighted by molar-refractivity contribution is -0.117. The zero-order valence-corrected chi connectivity index (χ0v) is 14.8. The van der Waals surface area contributed by atoms with E-state index in [1.807, 2.05) is 55.5 Å². The van der Waals surface area contributed by atoms with E-state index in [-0.39, 0.29) is 11.8 Å². The molecule has 0 aromatic heterocycles. The fraction of sp³-hybridized carbons (Fsp3) is 0.238. The van der Waals surface area contributed by atoms with E-state index in [4.69, 9.17) is 4.74 Å². The van der Waals surface area contributed by atoms with Gasteiger partial charge in [0, 0.05) is 30.4 Å². The van der Waals surface area contributed by atoms with Crippen molar-refractivity contribution in [3.8, 4) is 5.75 Å². The summed E-state index contributed by atoms with van der Waals surface area (Å²) in [5.41, 5.74) is 2.41. The van der Waals surface area contributed by atoms with Gasteiger partial charge in [-0.05, 0) is 55.3 Å². The fourth-order valence-corrected chi connectivity index (χ4v) is 2.87. The van der Waals surface area contributed by atoms with Crippen LogP contribution in [0.1, 0.15) is 25.3 Å². The zero-order chi connectivity index (χ0) is 18.4. The maximum Gasteiger partial charge on any atom is 0.248 e. The molecule has 1 N–H and O–H groups in total. The van der Waals surface area contributed by atoms with Gasteiger partial charge in [0.1, 0.15) is 5.75 Å². The molecule has 5 nitrogen and oxygen atoms in total. The van der Waals surface area contributed by atoms with Gasteiger partial charge < -0.3 is 15.0 Å². The number of anilines is 2. The van der Waals surface area contributed by atoms with Crippen molar-refractivity contribution in [2.24, 2.45) is 0 Å². The summed E-state index contributed by atoms with van der Waals surface area (Å²) in [6.45, 7) is 3.29. The topological polar surface area (TPSA) is 58.6 Å². The van der Waals surface area contributed by atoms with Gasteiger partial charge in [0.05, 0.1) is 6.61 Å². The first-order valence-corrected chi connectivity index (χ1v) is 8.78. The van der Waals surface area contributed by atoms with E-state index in [1.165, 1.54) is 6.08 Å². The number of hydrogen-bond acceptors (Lipinski definition) is 3. The van der Waals surface area contributed by atoms with E-state index >= 15 is 0 Å². The summed E-state index contributed by atoms with van der Waals surface area (Å²) in [5, 5.41) is 2.83. The highest BCUT2D eigenvalue weighted by Crippen LogP contribution is 2.24. The summed E-state index contributed by atoms with van der Waals surface area (Å²) in [4.78, 5) is 25.8. The van der Waals surface area contributed by atoms with E-state index in [0.29, 0.717) is 18.7 Å². The number of nitrogens with zero attached hydrogens (tertiary/aromatic N) is 1. The molecule has 5 heteroatoms. The van der Waals surface area contributed by atoms with Crippen LogP contribution < -0.4 is 15.0 Å². The number of carbonyl (C=O) groups is 2. The van der Waals surface area contributed by atoms with Crippen LogP contribution in [0.2, 0.25) is 0 Å². The third-order valence-corrected chi connectivity index (χ3v) is 4.12. The Morgan fingerprint density at radius 3 is 2.73 bits per heavy atom. The van der Waals surface area contributed by atoms with Crippen LogP contribution >= 0.6 is 0 Å². The first kappa shape index (κ1) is 17.7. The highest BCUT2D eigenvalue weighted by molar-refractivity contribution is 6.02. The smallest absolute Gasteiger partial charge is 0.248 e. The van der Waals surface area contributed by atoms with Crippen LogP contribution in [0.3, 0.4) is 0 Å². The molecule has 1 heterocycles. The molecule has 2 aromatic carbocycles. The third kappa shape index (κ3) is 4.51. The van der Waals surface area contributed by atoms with E-state index in [1.54, 1.807) is 11.0 Å². The molecule has 0 unspecified atom stereocenters. The van der Waals surface area contributed by atoms with E-state index in [9.17, 15) is 9.59 Å². The van der Waals surface area contributed by atoms with Gasteiger partial charge in [-0.3, -0.25) is 9.59 Å². The fourth-order valence-electron chi connectivity index (χ4n) is 2.87. The maximum absolute atomic E-state index is 12.1. The minimum absolute atomic E-state index is 0.129.